The van der Waals surface area contributed by atoms with Gasteiger partial charge in [-0.05, 0) is 101 Å². The molecule has 0 spiro atoms. The Morgan fingerprint density at radius 3 is 0.848 bits per heavy atom. The molecule has 11 aromatic carbocycles. The van der Waals surface area contributed by atoms with Crippen LogP contribution in [0, 0.1) is 47.4 Å². The van der Waals surface area contributed by atoms with Crippen LogP contribution in [0.4, 0.5) is 17.6 Å². The van der Waals surface area contributed by atoms with Gasteiger partial charge in [-0.25, -0.2) is 76.7 Å². The van der Waals surface area contributed by atoms with Gasteiger partial charge in [0.15, 0.2) is 28.5 Å². The molecule has 0 radical (unpaired) electrons. The number of para-hydroxylation sites is 1. The zero-order chi connectivity index (χ0) is 102. The summed E-state index contributed by atoms with van der Waals surface area (Å²) in [5, 5.41) is 79.3. The molecule has 0 amide bonds. The van der Waals surface area contributed by atoms with Crippen LogP contribution in [0.3, 0.4) is 0 Å². The first-order valence-electron chi connectivity index (χ1n) is 44.1. The summed E-state index contributed by atoms with van der Waals surface area (Å²) in [5.74, 6) is -5.46. The molecule has 0 bridgehead atoms. The highest BCUT2D eigenvalue weighted by atomic mass is 32.1. The molecule has 0 aliphatic carbocycles. The molecule has 36 heteroatoms. The van der Waals surface area contributed by atoms with Crippen LogP contribution in [0.1, 0.15) is 91.4 Å². The maximum atomic E-state index is 13.8. The molecule has 0 aliphatic heterocycles. The molecule has 21 aromatic rings. The van der Waals surface area contributed by atoms with Crippen LogP contribution in [0.15, 0.2) is 330 Å². The molecule has 27 nitrogen and oxygen atoms in total. The molecule has 145 heavy (non-hydrogen) atoms. The lowest BCUT2D eigenvalue weighted by Gasteiger charge is -2.10. The van der Waals surface area contributed by atoms with Crippen molar-refractivity contribution in [2.75, 3.05) is 0 Å². The van der Waals surface area contributed by atoms with Crippen LogP contribution in [-0.4, -0.2) is 136 Å². The van der Waals surface area contributed by atoms with E-state index in [0.29, 0.717) is 77.8 Å². The van der Waals surface area contributed by atoms with Gasteiger partial charge in [-0.3, -0.25) is 4.79 Å². The minimum atomic E-state index is -4.49. The molecule has 0 unspecified atom stereocenters. The standard InChI is InChI=1S/C26H19N3O2S.C21H14F3N3O2S.C21H15N3O4S.C21H17N3O2S.C20H14FN3O2S/c1-17-23(19-11-6-3-7-12-19)28-29(26-27-22(16-32-26)25(30)31)24(17)21-14-8-13-20(15-21)18-9-4-2-5-10-18;1-12-17(13-6-3-2-4-7-13)26-27(20-25-16(11-30-20)19(28)29)18(12)14-8-5-9-15(10-14)21(22,23)24;1-13-18(14-7-3-2-4-8-14)23-24(21-22-16(11-29-21)20(26)27)19(13)15-9-5-6-10-17(15)28-12-25;1-13-7-6-10-16(11-13)19-14(2)18(15-8-4-3-5-9-15)23-24(19)21-22-17(12-27-21)20(25)26;1-12-17(13-6-3-2-4-7-13)23-24(20-22-16(11-27-20)19(25)26)18(12)14-8-5-9-15(21)10-14/h2-16H,1H3,(H,30,31);2-11H,1H3,(H,28,29);2-12H,1H3,(H,26,27);3-12H,1-2H3,(H,25,26);2-11H,1H3,(H,25,26). The number of rotatable bonds is 23. The van der Waals surface area contributed by atoms with E-state index in [1.54, 1.807) is 61.4 Å². The number of thiazole rings is 5. The van der Waals surface area contributed by atoms with E-state index in [1.165, 1.54) is 89.7 Å². The van der Waals surface area contributed by atoms with Crippen molar-refractivity contribution in [3.8, 4) is 155 Å². The van der Waals surface area contributed by atoms with E-state index >= 15 is 0 Å². The normalized spacial score (nSPS) is 11.0. The number of alkyl halides is 3. The number of carbonyl (C=O) groups is 6. The Morgan fingerprint density at radius 1 is 0.290 bits per heavy atom. The Bertz CT molecular complexity index is 8160. The molecule has 10 heterocycles. The van der Waals surface area contributed by atoms with Crippen molar-refractivity contribution >= 4 is 93.0 Å². The maximum absolute atomic E-state index is 13.8. The Morgan fingerprint density at radius 2 is 0.545 bits per heavy atom. The van der Waals surface area contributed by atoms with Gasteiger partial charge in [-0.1, -0.05) is 260 Å². The van der Waals surface area contributed by atoms with Gasteiger partial charge in [0.2, 0.25) is 25.7 Å². The van der Waals surface area contributed by atoms with Crippen LogP contribution in [0.5, 0.6) is 5.75 Å². The van der Waals surface area contributed by atoms with Crippen molar-refractivity contribution in [2.24, 2.45) is 0 Å². The SMILES string of the molecule is Cc1c(-c2ccccc2)nn(-c2nc(C(=O)O)cs2)c1-c1cccc(-c2ccccc2)c1.Cc1c(-c2ccccc2)nn(-c2nc(C(=O)O)cs2)c1-c1cccc(C(F)(F)F)c1.Cc1c(-c2ccccc2)nn(-c2nc(C(=O)O)cs2)c1-c1cccc(F)c1.Cc1c(-c2ccccc2)nn(-c2nc(C(=O)O)cs2)c1-c1ccccc1OC=O.Cc1cccc(-c2c(C)c(-c3ccccc3)nn2-c2nc(C(=O)O)cs2)c1. The number of benzene rings is 11. The maximum Gasteiger partial charge on any atom is 0.416 e. The summed E-state index contributed by atoms with van der Waals surface area (Å²) in [6.07, 6.45) is -4.49. The minimum absolute atomic E-state index is 0.0170. The van der Waals surface area contributed by atoms with Crippen LogP contribution in [0.25, 0.3) is 149 Å². The van der Waals surface area contributed by atoms with Gasteiger partial charge < -0.3 is 30.3 Å². The van der Waals surface area contributed by atoms with Crippen LogP contribution in [-0.2, 0) is 11.0 Å². The number of carboxylic acids is 5. The Labute approximate surface area is 843 Å². The number of ether oxygens (including phenoxy) is 1. The zero-order valence-electron chi connectivity index (χ0n) is 77.2. The van der Waals surface area contributed by atoms with E-state index < -0.39 is 41.6 Å². The average Bonchev–Trinajstić information content (AvgIpc) is 1.63. The molecule has 0 saturated carbocycles. The lowest BCUT2D eigenvalue weighted by atomic mass is 9.99. The molecule has 0 fully saturated rings. The number of aromatic carboxylic acids is 5. The summed E-state index contributed by atoms with van der Waals surface area (Å²) in [7, 11) is 0. The second-order valence-electron chi connectivity index (χ2n) is 32.2. The molecule has 21 rings (SSSR count). The first kappa shape index (κ1) is 98.8. The first-order valence-corrected chi connectivity index (χ1v) is 48.5. The number of carboxylic acid groups (broad SMARTS) is 5. The fourth-order valence-electron chi connectivity index (χ4n) is 16.1. The molecule has 0 aliphatic rings. The van der Waals surface area contributed by atoms with Gasteiger partial charge in [0, 0.05) is 110 Å². The highest BCUT2D eigenvalue weighted by Crippen LogP contribution is 2.44. The molecular weight excluding hydrogens is 1950 g/mol. The third-order valence-electron chi connectivity index (χ3n) is 22.7. The lowest BCUT2D eigenvalue weighted by Crippen LogP contribution is -2.06. The predicted molar refractivity (Wildman–Crippen MR) is 551 cm³/mol. The summed E-state index contributed by atoms with van der Waals surface area (Å²) in [4.78, 5) is 88.4. The van der Waals surface area contributed by atoms with Gasteiger partial charge in [0.1, 0.15) is 11.6 Å². The van der Waals surface area contributed by atoms with Gasteiger partial charge in [0.05, 0.1) is 62.5 Å². The molecule has 0 saturated heterocycles. The number of hydrogen-bond donors (Lipinski definition) is 5. The van der Waals surface area contributed by atoms with E-state index in [4.69, 9.17) is 20.0 Å². The van der Waals surface area contributed by atoms with Crippen molar-refractivity contribution in [1.29, 1.82) is 0 Å². The fraction of sp³-hybridized carbons (Fsp3) is 0.0642. The first-order chi connectivity index (χ1) is 70.0. The van der Waals surface area contributed by atoms with Gasteiger partial charge in [-0.15, -0.1) is 56.7 Å². The van der Waals surface area contributed by atoms with E-state index in [9.17, 15) is 71.9 Å². The fourth-order valence-corrected chi connectivity index (χ4v) is 19.8. The third-order valence-corrected chi connectivity index (χ3v) is 26.8. The molecule has 5 N–H and O–H groups in total. The third kappa shape index (κ3) is 21.7. The summed E-state index contributed by atoms with van der Waals surface area (Å²) in [5.41, 5.74) is 22.4. The van der Waals surface area contributed by atoms with Crippen molar-refractivity contribution in [3.05, 3.63) is 403 Å². The van der Waals surface area contributed by atoms with E-state index in [1.807, 2.05) is 247 Å². The Balaban J connectivity index is 0.000000124. The second kappa shape index (κ2) is 43.5. The predicted octanol–water partition coefficient (Wildman–Crippen LogP) is 26.0. The summed E-state index contributed by atoms with van der Waals surface area (Å²) < 4.78 is 66.9. The van der Waals surface area contributed by atoms with Gasteiger partial charge in [0.25, 0.3) is 6.47 Å². The highest BCUT2D eigenvalue weighted by Gasteiger charge is 2.34. The van der Waals surface area contributed by atoms with Crippen LogP contribution < -0.4 is 4.74 Å². The molecule has 0 atom stereocenters. The number of hydrogen-bond acceptors (Lipinski definition) is 22. The van der Waals surface area contributed by atoms with Gasteiger partial charge >= 0.3 is 36.0 Å². The number of halogens is 4. The number of aromatic nitrogens is 15. The molecule has 10 aromatic heterocycles. The monoisotopic (exact) mass is 2030 g/mol. The summed E-state index contributed by atoms with van der Waals surface area (Å²) >= 11 is 5.94. The number of aryl methyl sites for hydroxylation is 1. The molecular formula is C109H79F4N15O12S5. The van der Waals surface area contributed by atoms with Crippen molar-refractivity contribution in [3.63, 3.8) is 0 Å². The Kier molecular flexibility index (Phi) is 29.6. The van der Waals surface area contributed by atoms with E-state index in [-0.39, 0.29) is 39.4 Å². The average molecular weight is 2030 g/mol. The van der Waals surface area contributed by atoms with Crippen LogP contribution in [0.2, 0.25) is 0 Å². The number of carbonyl (C=O) groups excluding carboxylic acids is 1. The van der Waals surface area contributed by atoms with Crippen molar-refractivity contribution in [2.45, 2.75) is 47.7 Å². The van der Waals surface area contributed by atoms with E-state index in [2.05, 4.69) is 65.4 Å². The van der Waals surface area contributed by atoms with Gasteiger partial charge in [-0.2, -0.15) is 38.7 Å². The highest BCUT2D eigenvalue weighted by molar-refractivity contribution is 7.13. The summed E-state index contributed by atoms with van der Waals surface area (Å²) in [6, 6.07) is 93.5. The quantitative estimate of drug-likeness (QED) is 0.0293. The largest absolute Gasteiger partial charge is 0.476 e. The lowest BCUT2D eigenvalue weighted by molar-refractivity contribution is -0.137. The summed E-state index contributed by atoms with van der Waals surface area (Å²) in [6.45, 7) is 12.1. The Hall–Kier alpha value is -17.8. The topological polar surface area (TPSA) is 366 Å². The van der Waals surface area contributed by atoms with Crippen molar-refractivity contribution < 1.29 is 76.6 Å². The zero-order valence-corrected chi connectivity index (χ0v) is 81.3. The van der Waals surface area contributed by atoms with Crippen molar-refractivity contribution in [1.82, 2.24) is 73.8 Å². The minimum Gasteiger partial charge on any atom is -0.476 e. The van der Waals surface area contributed by atoms with Crippen LogP contribution >= 0.6 is 56.7 Å². The smallest absolute Gasteiger partial charge is 0.416 e. The van der Waals surface area contributed by atoms with E-state index in [0.717, 1.165) is 136 Å². The molecule has 720 valence electrons. The second-order valence-corrected chi connectivity index (χ2v) is 36.4. The number of nitrogens with zero attached hydrogens (tertiary/aromatic N) is 15.